The van der Waals surface area contributed by atoms with Gasteiger partial charge in [-0.1, -0.05) is 13.0 Å². The van der Waals surface area contributed by atoms with E-state index in [1.165, 1.54) is 24.1 Å². The average Bonchev–Trinajstić information content (AvgIpc) is 3.25. The number of nitrogens with one attached hydrogen (secondary N) is 1. The van der Waals surface area contributed by atoms with Gasteiger partial charge in [-0.2, -0.15) is 0 Å². The number of halogens is 1. The Labute approximate surface area is 130 Å². The second kappa shape index (κ2) is 8.01. The van der Waals surface area contributed by atoms with Crippen molar-refractivity contribution in [1.29, 1.82) is 0 Å². The van der Waals surface area contributed by atoms with E-state index in [9.17, 15) is 0 Å². The molecule has 0 aliphatic heterocycles. The summed E-state index contributed by atoms with van der Waals surface area (Å²) in [4.78, 5) is 2.24. The third-order valence-corrected chi connectivity index (χ3v) is 4.26. The van der Waals surface area contributed by atoms with Crippen molar-refractivity contribution in [2.75, 3.05) is 38.3 Å². The third kappa shape index (κ3) is 5.08. The molecule has 1 N–H and O–H groups in total. The van der Waals surface area contributed by atoms with Crippen LogP contribution >= 0.6 is 15.9 Å². The molecule has 2 rings (SSSR count). The lowest BCUT2D eigenvalue weighted by Gasteiger charge is -2.21. The van der Waals surface area contributed by atoms with Crippen molar-refractivity contribution < 1.29 is 4.74 Å². The highest BCUT2D eigenvalue weighted by molar-refractivity contribution is 9.10. The number of hydrogen-bond acceptors (Lipinski definition) is 3. The molecule has 112 valence electrons. The number of nitrogens with zero attached hydrogens (tertiary/aromatic N) is 1. The van der Waals surface area contributed by atoms with Crippen molar-refractivity contribution in [3.05, 3.63) is 28.2 Å². The van der Waals surface area contributed by atoms with E-state index in [2.05, 4.69) is 58.3 Å². The lowest BCUT2D eigenvalue weighted by molar-refractivity contribution is 0.131. The maximum atomic E-state index is 5.70. The summed E-state index contributed by atoms with van der Waals surface area (Å²) in [5.41, 5.74) is 2.53. The smallest absolute Gasteiger partial charge is 0.0641 e. The molecular weight excluding hydrogens is 316 g/mol. The minimum absolute atomic E-state index is 0.804. The molecule has 1 aliphatic carbocycles. The zero-order valence-electron chi connectivity index (χ0n) is 12.5. The number of likely N-dealkylation sites (N-methyl/N-ethyl adjacent to an activating group) is 1. The van der Waals surface area contributed by atoms with Crippen LogP contribution in [-0.2, 0) is 11.3 Å². The van der Waals surface area contributed by atoms with Gasteiger partial charge in [0.25, 0.3) is 0 Å². The first-order chi connectivity index (χ1) is 9.70. The minimum atomic E-state index is 0.804. The molecule has 0 bridgehead atoms. The molecule has 4 heteroatoms. The molecule has 3 nitrogen and oxygen atoms in total. The predicted molar refractivity (Wildman–Crippen MR) is 88.3 cm³/mol. The van der Waals surface area contributed by atoms with Gasteiger partial charge in [0.05, 0.1) is 12.3 Å². The monoisotopic (exact) mass is 340 g/mol. The Morgan fingerprint density at radius 2 is 2.20 bits per heavy atom. The van der Waals surface area contributed by atoms with Crippen LogP contribution in [0.2, 0.25) is 0 Å². The standard InChI is InChI=1S/C16H25BrN2O/c1-3-18-11-14-6-7-16(15(17)10-14)19(2)8-9-20-12-13-4-5-13/h6-7,10,13,18H,3-5,8-9,11-12H2,1-2H3. The lowest BCUT2D eigenvalue weighted by Crippen LogP contribution is -2.23. The fourth-order valence-corrected chi connectivity index (χ4v) is 2.82. The van der Waals surface area contributed by atoms with Gasteiger partial charge in [0, 0.05) is 31.2 Å². The van der Waals surface area contributed by atoms with E-state index in [-0.39, 0.29) is 0 Å². The molecule has 0 amide bonds. The average molecular weight is 341 g/mol. The first kappa shape index (κ1) is 15.8. The van der Waals surface area contributed by atoms with E-state index in [1.807, 2.05) is 0 Å². The second-order valence-electron chi connectivity index (χ2n) is 5.51. The fraction of sp³-hybridized carbons (Fsp3) is 0.625. The van der Waals surface area contributed by atoms with Gasteiger partial charge in [0.2, 0.25) is 0 Å². The van der Waals surface area contributed by atoms with Gasteiger partial charge in [-0.25, -0.2) is 0 Å². The van der Waals surface area contributed by atoms with Crippen molar-refractivity contribution in [3.8, 4) is 0 Å². The van der Waals surface area contributed by atoms with Crippen LogP contribution < -0.4 is 10.2 Å². The zero-order valence-corrected chi connectivity index (χ0v) is 14.1. The van der Waals surface area contributed by atoms with Crippen LogP contribution in [0.1, 0.15) is 25.3 Å². The Kier molecular flexibility index (Phi) is 6.33. The van der Waals surface area contributed by atoms with Gasteiger partial charge < -0.3 is 15.0 Å². The number of benzene rings is 1. The van der Waals surface area contributed by atoms with Gasteiger partial charge in [-0.05, 0) is 58.9 Å². The van der Waals surface area contributed by atoms with E-state index in [0.717, 1.165) is 43.2 Å². The quantitative estimate of drug-likeness (QED) is 0.697. The topological polar surface area (TPSA) is 24.5 Å². The molecule has 0 aromatic heterocycles. The van der Waals surface area contributed by atoms with E-state index in [4.69, 9.17) is 4.74 Å². The van der Waals surface area contributed by atoms with Crippen LogP contribution in [0.25, 0.3) is 0 Å². The van der Waals surface area contributed by atoms with Crippen LogP contribution in [0.15, 0.2) is 22.7 Å². The highest BCUT2D eigenvalue weighted by Crippen LogP contribution is 2.29. The van der Waals surface area contributed by atoms with Crippen LogP contribution in [-0.4, -0.2) is 33.4 Å². The van der Waals surface area contributed by atoms with Gasteiger partial charge in [0.1, 0.15) is 0 Å². The molecule has 0 saturated heterocycles. The largest absolute Gasteiger partial charge is 0.379 e. The summed E-state index contributed by atoms with van der Waals surface area (Å²) in [6.07, 6.45) is 2.71. The Morgan fingerprint density at radius 1 is 1.40 bits per heavy atom. The van der Waals surface area contributed by atoms with E-state index in [1.54, 1.807) is 0 Å². The summed E-state index contributed by atoms with van der Waals surface area (Å²) in [7, 11) is 2.12. The first-order valence-electron chi connectivity index (χ1n) is 7.48. The molecule has 20 heavy (non-hydrogen) atoms. The molecule has 1 aromatic carbocycles. The second-order valence-corrected chi connectivity index (χ2v) is 6.36. The highest BCUT2D eigenvalue weighted by atomic mass is 79.9. The lowest BCUT2D eigenvalue weighted by atomic mass is 10.2. The van der Waals surface area contributed by atoms with Crippen molar-refractivity contribution in [1.82, 2.24) is 5.32 Å². The molecule has 1 aliphatic rings. The maximum Gasteiger partial charge on any atom is 0.0641 e. The van der Waals surface area contributed by atoms with Gasteiger partial charge in [-0.3, -0.25) is 0 Å². The molecule has 0 unspecified atom stereocenters. The summed E-state index contributed by atoms with van der Waals surface area (Å²) in [6.45, 7) is 6.72. The SMILES string of the molecule is CCNCc1ccc(N(C)CCOCC2CC2)c(Br)c1. The molecule has 0 spiro atoms. The van der Waals surface area contributed by atoms with Crippen molar-refractivity contribution >= 4 is 21.6 Å². The number of anilines is 1. The van der Waals surface area contributed by atoms with Crippen molar-refractivity contribution in [3.63, 3.8) is 0 Å². The van der Waals surface area contributed by atoms with Gasteiger partial charge >= 0.3 is 0 Å². The molecule has 0 heterocycles. The first-order valence-corrected chi connectivity index (χ1v) is 8.28. The van der Waals surface area contributed by atoms with E-state index < -0.39 is 0 Å². The molecule has 1 aromatic rings. The van der Waals surface area contributed by atoms with Crippen molar-refractivity contribution in [2.24, 2.45) is 5.92 Å². The van der Waals surface area contributed by atoms with Crippen molar-refractivity contribution in [2.45, 2.75) is 26.3 Å². The maximum absolute atomic E-state index is 5.70. The minimum Gasteiger partial charge on any atom is -0.379 e. The molecule has 0 atom stereocenters. The van der Waals surface area contributed by atoms with Gasteiger partial charge in [0.15, 0.2) is 0 Å². The van der Waals surface area contributed by atoms with Crippen LogP contribution in [0.4, 0.5) is 5.69 Å². The summed E-state index contributed by atoms with van der Waals surface area (Å²) >= 11 is 3.67. The summed E-state index contributed by atoms with van der Waals surface area (Å²) in [5, 5.41) is 3.34. The Morgan fingerprint density at radius 3 is 2.85 bits per heavy atom. The summed E-state index contributed by atoms with van der Waals surface area (Å²) in [5.74, 6) is 0.845. The van der Waals surface area contributed by atoms with Crippen LogP contribution in [0.5, 0.6) is 0 Å². The Hall–Kier alpha value is -0.580. The number of hydrogen-bond donors (Lipinski definition) is 1. The molecular formula is C16H25BrN2O. The number of ether oxygens (including phenoxy) is 1. The zero-order chi connectivity index (χ0) is 14.4. The summed E-state index contributed by atoms with van der Waals surface area (Å²) < 4.78 is 6.85. The number of rotatable bonds is 9. The van der Waals surface area contributed by atoms with Crippen LogP contribution in [0.3, 0.4) is 0 Å². The molecule has 0 radical (unpaired) electrons. The Bertz CT molecular complexity index is 421. The Balaban J connectivity index is 1.79. The predicted octanol–water partition coefficient (Wildman–Crippen LogP) is 3.42. The molecule has 1 fully saturated rings. The van der Waals surface area contributed by atoms with E-state index >= 15 is 0 Å². The highest BCUT2D eigenvalue weighted by Gasteiger charge is 2.21. The molecule has 1 saturated carbocycles. The third-order valence-electron chi connectivity index (χ3n) is 3.62. The summed E-state index contributed by atoms with van der Waals surface area (Å²) in [6, 6.07) is 6.56. The fourth-order valence-electron chi connectivity index (χ4n) is 2.10. The van der Waals surface area contributed by atoms with Crippen LogP contribution in [0, 0.1) is 5.92 Å². The van der Waals surface area contributed by atoms with Gasteiger partial charge in [-0.15, -0.1) is 0 Å². The normalized spacial score (nSPS) is 14.6. The van der Waals surface area contributed by atoms with E-state index in [0.29, 0.717) is 0 Å².